The third-order valence-corrected chi connectivity index (χ3v) is 6.04. The second kappa shape index (κ2) is 16.0. The normalized spacial score (nSPS) is 10.8. The van der Waals surface area contributed by atoms with Crippen LogP contribution in [0.25, 0.3) is 0 Å². The molecule has 0 spiro atoms. The van der Waals surface area contributed by atoms with Crippen molar-refractivity contribution in [3.63, 3.8) is 0 Å². The SMILES string of the molecule is CC(C)c1cc(C(=O)Cc2cc(F)c(C(=O)O)c(F)c2)oc1C(C)C.CC(C)c1cc(C(=O)O)oc1C(C)C.[Na+].[OH-]. The van der Waals surface area contributed by atoms with Gasteiger partial charge >= 0.3 is 41.5 Å². The number of ketones is 1. The summed E-state index contributed by atoms with van der Waals surface area (Å²) in [5, 5.41) is 17.6. The number of aromatic carboxylic acids is 2. The van der Waals surface area contributed by atoms with Crippen molar-refractivity contribution in [2.45, 2.75) is 85.5 Å². The van der Waals surface area contributed by atoms with Gasteiger partial charge in [0.25, 0.3) is 0 Å². The van der Waals surface area contributed by atoms with E-state index in [9.17, 15) is 23.2 Å². The zero-order chi connectivity index (χ0) is 29.8. The van der Waals surface area contributed by atoms with Crippen LogP contribution in [0.4, 0.5) is 8.78 Å². The summed E-state index contributed by atoms with van der Waals surface area (Å²) in [6.07, 6.45) is -0.281. The monoisotopic (exact) mass is 586 g/mol. The largest absolute Gasteiger partial charge is 1.00 e. The molecule has 0 unspecified atom stereocenters. The molecule has 0 amide bonds. The molecule has 0 aliphatic rings. The number of hydrogen-bond donors (Lipinski definition) is 2. The van der Waals surface area contributed by atoms with Crippen molar-refractivity contribution in [3.05, 3.63) is 81.2 Å². The summed E-state index contributed by atoms with van der Waals surface area (Å²) in [7, 11) is 0. The smallest absolute Gasteiger partial charge is 0.870 e. The van der Waals surface area contributed by atoms with Crippen LogP contribution in [0.2, 0.25) is 0 Å². The van der Waals surface area contributed by atoms with Gasteiger partial charge in [-0.1, -0.05) is 55.4 Å². The van der Waals surface area contributed by atoms with Gasteiger partial charge in [-0.2, -0.15) is 0 Å². The van der Waals surface area contributed by atoms with Crippen LogP contribution in [-0.2, 0) is 6.42 Å². The molecule has 0 radical (unpaired) electrons. The second-order valence-corrected chi connectivity index (χ2v) is 10.6. The maximum atomic E-state index is 13.7. The van der Waals surface area contributed by atoms with E-state index in [4.69, 9.17) is 19.0 Å². The molecule has 3 rings (SSSR count). The van der Waals surface area contributed by atoms with E-state index in [2.05, 4.69) is 0 Å². The van der Waals surface area contributed by atoms with E-state index >= 15 is 0 Å². The van der Waals surface area contributed by atoms with Crippen LogP contribution >= 0.6 is 0 Å². The zero-order valence-corrected chi connectivity index (χ0v) is 27.0. The number of halogens is 2. The fourth-order valence-electron chi connectivity index (χ4n) is 4.09. The first-order valence-corrected chi connectivity index (χ1v) is 12.8. The Morgan fingerprint density at radius 3 is 1.39 bits per heavy atom. The Hall–Kier alpha value is -2.79. The van der Waals surface area contributed by atoms with Crippen molar-refractivity contribution in [2.24, 2.45) is 0 Å². The quantitative estimate of drug-likeness (QED) is 0.264. The summed E-state index contributed by atoms with van der Waals surface area (Å²) >= 11 is 0. The number of carbonyl (C=O) groups is 3. The molecule has 0 aliphatic carbocycles. The zero-order valence-electron chi connectivity index (χ0n) is 25.0. The average Bonchev–Trinajstić information content (AvgIpc) is 3.45. The molecule has 8 nitrogen and oxygen atoms in total. The number of benzene rings is 1. The van der Waals surface area contributed by atoms with Crippen LogP contribution in [0.5, 0.6) is 0 Å². The van der Waals surface area contributed by atoms with E-state index < -0.39 is 34.9 Å². The van der Waals surface area contributed by atoms with Crippen molar-refractivity contribution < 1.29 is 77.2 Å². The minimum absolute atomic E-state index is 0. The first-order chi connectivity index (χ1) is 18.0. The van der Waals surface area contributed by atoms with Gasteiger partial charge in [-0.25, -0.2) is 18.4 Å². The van der Waals surface area contributed by atoms with Crippen LogP contribution in [0.15, 0.2) is 33.1 Å². The molecular formula is C30H37F2NaO8. The number of Topliss-reactive ketones (excluding diaryl/α,β-unsaturated/α-hetero) is 1. The molecule has 0 bridgehead atoms. The van der Waals surface area contributed by atoms with E-state index in [1.165, 1.54) is 0 Å². The Morgan fingerprint density at radius 2 is 1.07 bits per heavy atom. The molecular weight excluding hydrogens is 549 g/mol. The molecule has 3 aromatic rings. The van der Waals surface area contributed by atoms with Gasteiger partial charge in [-0.3, -0.25) is 4.79 Å². The van der Waals surface area contributed by atoms with Crippen LogP contribution in [0, 0.1) is 11.6 Å². The van der Waals surface area contributed by atoms with Gasteiger partial charge in [-0.15, -0.1) is 0 Å². The maximum Gasteiger partial charge on any atom is 1.00 e. The van der Waals surface area contributed by atoms with Gasteiger partial charge in [0.2, 0.25) is 11.5 Å². The Morgan fingerprint density at radius 1 is 0.683 bits per heavy atom. The molecule has 220 valence electrons. The minimum atomic E-state index is -1.69. The average molecular weight is 587 g/mol. The molecule has 1 aromatic carbocycles. The van der Waals surface area contributed by atoms with Crippen LogP contribution < -0.4 is 29.6 Å². The predicted octanol–water partition coefficient (Wildman–Crippen LogP) is 4.98. The Kier molecular flexibility index (Phi) is 14.9. The maximum absolute atomic E-state index is 13.7. The van der Waals surface area contributed by atoms with Crippen LogP contribution in [0.3, 0.4) is 0 Å². The van der Waals surface area contributed by atoms with Gasteiger partial charge in [0.15, 0.2) is 5.76 Å². The third-order valence-electron chi connectivity index (χ3n) is 6.04. The summed E-state index contributed by atoms with van der Waals surface area (Å²) in [6, 6.07) is 5.02. The van der Waals surface area contributed by atoms with Crippen molar-refractivity contribution >= 4 is 17.7 Å². The molecule has 3 N–H and O–H groups in total. The number of furan rings is 2. The fraction of sp³-hybridized carbons (Fsp3) is 0.433. The Labute approximate surface area is 260 Å². The van der Waals surface area contributed by atoms with Gasteiger partial charge in [-0.05, 0) is 52.8 Å². The first kappa shape index (κ1) is 38.2. The molecule has 0 saturated carbocycles. The number of carboxylic acid groups (broad SMARTS) is 2. The first-order valence-electron chi connectivity index (χ1n) is 12.8. The topological polar surface area (TPSA) is 148 Å². The summed E-state index contributed by atoms with van der Waals surface area (Å²) in [4.78, 5) is 33.9. The van der Waals surface area contributed by atoms with Crippen molar-refractivity contribution in [1.29, 1.82) is 0 Å². The van der Waals surface area contributed by atoms with Gasteiger partial charge in [0.1, 0.15) is 28.7 Å². The predicted molar refractivity (Wildman–Crippen MR) is 144 cm³/mol. The standard InChI is InChI=1S/C19H20F2O4.C11H16O3.Na.H2O/c1-9(2)12-8-16(25-18(12)10(3)4)15(22)7-11-5-13(20)17(19(23)24)14(21)6-11;1-6(2)8-5-9(11(12)13)14-10(8)7(3)4;;/h5-6,8-10H,7H2,1-4H3,(H,23,24);5-7H,1-4H3,(H,12,13);;1H2/q;;+1;/p-1. The van der Waals surface area contributed by atoms with E-state index in [-0.39, 0.29) is 76.3 Å². The van der Waals surface area contributed by atoms with Crippen molar-refractivity contribution in [3.8, 4) is 0 Å². The minimum Gasteiger partial charge on any atom is -0.870 e. The summed E-state index contributed by atoms with van der Waals surface area (Å²) in [6.45, 7) is 15.9. The van der Waals surface area contributed by atoms with Gasteiger partial charge in [0.05, 0.1) is 0 Å². The number of hydrogen-bond acceptors (Lipinski definition) is 6. The van der Waals surface area contributed by atoms with E-state index in [0.29, 0.717) is 5.92 Å². The molecule has 0 atom stereocenters. The molecule has 11 heteroatoms. The third kappa shape index (κ3) is 9.63. The molecule has 41 heavy (non-hydrogen) atoms. The molecule has 2 heterocycles. The molecule has 0 saturated heterocycles. The number of carbonyl (C=O) groups excluding carboxylic acids is 1. The van der Waals surface area contributed by atoms with E-state index in [1.54, 1.807) is 12.1 Å². The van der Waals surface area contributed by atoms with Crippen molar-refractivity contribution in [2.75, 3.05) is 0 Å². The van der Waals surface area contributed by atoms with Gasteiger partial charge < -0.3 is 24.5 Å². The Balaban J connectivity index is 0.000000857. The van der Waals surface area contributed by atoms with Crippen molar-refractivity contribution in [1.82, 2.24) is 0 Å². The molecule has 2 aromatic heterocycles. The van der Waals surface area contributed by atoms with E-state index in [0.717, 1.165) is 34.8 Å². The van der Waals surface area contributed by atoms with Crippen LogP contribution in [0.1, 0.15) is 139 Å². The Bertz CT molecular complexity index is 1280. The summed E-state index contributed by atoms with van der Waals surface area (Å²) in [5.74, 6) is -3.05. The molecule has 0 aliphatic heterocycles. The van der Waals surface area contributed by atoms with Gasteiger partial charge in [0, 0.05) is 18.3 Å². The fourth-order valence-corrected chi connectivity index (χ4v) is 4.09. The number of rotatable bonds is 9. The van der Waals surface area contributed by atoms with E-state index in [1.807, 2.05) is 55.4 Å². The summed E-state index contributed by atoms with van der Waals surface area (Å²) < 4.78 is 38.4. The number of carboxylic acids is 2. The second-order valence-electron chi connectivity index (χ2n) is 10.6. The van der Waals surface area contributed by atoms with Crippen LogP contribution in [-0.4, -0.2) is 33.4 Å². The molecule has 0 fully saturated rings. The summed E-state index contributed by atoms with van der Waals surface area (Å²) in [5.41, 5.74) is 0.950.